The lowest BCUT2D eigenvalue weighted by molar-refractivity contribution is -0.435. The molecule has 0 bridgehead atoms. The van der Waals surface area contributed by atoms with Crippen LogP contribution in [0.5, 0.6) is 0 Å². The molecule has 0 aromatic rings. The predicted octanol–water partition coefficient (Wildman–Crippen LogP) is 12.3. The van der Waals surface area contributed by atoms with Crippen molar-refractivity contribution in [2.24, 2.45) is 0 Å². The molecule has 12 nitrogen and oxygen atoms in total. The summed E-state index contributed by atoms with van der Waals surface area (Å²) >= 11 is 0.174. The van der Waals surface area contributed by atoms with Crippen LogP contribution >= 0.6 is 12.3 Å². The van der Waals surface area contributed by atoms with Crippen molar-refractivity contribution in [1.29, 1.82) is 0 Å². The highest BCUT2D eigenvalue weighted by Gasteiger charge is 2.46. The maximum absolute atomic E-state index is 13.1. The van der Waals surface area contributed by atoms with Crippen LogP contribution in [0.1, 0.15) is 245 Å². The lowest BCUT2D eigenvalue weighted by Gasteiger charge is -2.41. The van der Waals surface area contributed by atoms with Gasteiger partial charge in [0.15, 0.2) is 18.6 Å². The molecule has 0 spiro atoms. The van der Waals surface area contributed by atoms with Gasteiger partial charge >= 0.3 is 0 Å². The van der Waals surface area contributed by atoms with E-state index in [0.29, 0.717) is 6.42 Å². The fourth-order valence-electron chi connectivity index (χ4n) is 8.45. The third-order valence-corrected chi connectivity index (χ3v) is 13.0. The molecular weight excluding hydrogens is 823 g/mol. The summed E-state index contributed by atoms with van der Waals surface area (Å²) < 4.78 is 20.9. The van der Waals surface area contributed by atoms with Crippen molar-refractivity contribution in [1.82, 2.24) is 5.32 Å². The maximum atomic E-state index is 13.1. The Bertz CT molecular complexity index is 1010. The Labute approximate surface area is 389 Å². The molecule has 0 aromatic carbocycles. The highest BCUT2D eigenvalue weighted by molar-refractivity contribution is 7.89. The molecule has 1 amide bonds. The number of unbranched alkanes of at least 4 members (excludes halogenated alkanes) is 33. The smallest absolute Gasteiger partial charge is 0.220 e. The summed E-state index contributed by atoms with van der Waals surface area (Å²) in [6.07, 6.45) is 40.9. The first kappa shape index (κ1) is 60.2. The van der Waals surface area contributed by atoms with Crippen LogP contribution in [0.15, 0.2) is 12.2 Å². The summed E-state index contributed by atoms with van der Waals surface area (Å²) in [5.74, 6) is -0.197. The van der Waals surface area contributed by atoms with Gasteiger partial charge in [-0.15, -0.1) is 4.33 Å². The normalized spacial score (nSPS) is 20.1. The van der Waals surface area contributed by atoms with Crippen LogP contribution in [-0.4, -0.2) is 87.7 Å². The van der Waals surface area contributed by atoms with Gasteiger partial charge in [0.2, 0.25) is 5.91 Å². The number of amides is 1. The van der Waals surface area contributed by atoms with Crippen molar-refractivity contribution in [2.45, 2.75) is 288 Å². The molecule has 0 aromatic heterocycles. The molecule has 0 aliphatic carbocycles. The van der Waals surface area contributed by atoms with Crippen molar-refractivity contribution in [2.75, 3.05) is 13.2 Å². The van der Waals surface area contributed by atoms with E-state index in [1.807, 2.05) is 6.08 Å². The molecule has 0 radical (unpaired) electrons. The third kappa shape index (κ3) is 34.2. The monoisotopic (exact) mass is 920 g/mol. The van der Waals surface area contributed by atoms with Gasteiger partial charge in [0.25, 0.3) is 0 Å². The number of rotatable bonds is 47. The van der Waals surface area contributed by atoms with E-state index in [1.165, 1.54) is 186 Å². The summed E-state index contributed by atoms with van der Waals surface area (Å²) in [6.45, 7) is 3.71. The van der Waals surface area contributed by atoms with E-state index in [-0.39, 0.29) is 24.8 Å². The fraction of sp³-hybridized carbons (Fsp3) is 0.940. The van der Waals surface area contributed by atoms with Crippen LogP contribution in [0.25, 0.3) is 0 Å². The van der Waals surface area contributed by atoms with Gasteiger partial charge in [0.1, 0.15) is 24.4 Å². The van der Waals surface area contributed by atoms with Crippen molar-refractivity contribution >= 4 is 18.2 Å². The molecule has 63 heavy (non-hydrogen) atoms. The maximum Gasteiger partial charge on any atom is 0.220 e. The van der Waals surface area contributed by atoms with Crippen LogP contribution in [-0.2, 0) is 27.8 Å². The molecule has 1 aliphatic rings. The number of hydrogen-bond donors (Lipinski definition) is 6. The molecular formula is C50H97NO11S. The van der Waals surface area contributed by atoms with E-state index in [0.717, 1.165) is 38.5 Å². The van der Waals surface area contributed by atoms with Gasteiger partial charge in [0.05, 0.1) is 25.4 Å². The first-order valence-electron chi connectivity index (χ1n) is 26.1. The van der Waals surface area contributed by atoms with Crippen molar-refractivity contribution in [3.8, 4) is 0 Å². The Morgan fingerprint density at radius 3 is 1.46 bits per heavy atom. The highest BCUT2D eigenvalue weighted by atomic mass is 32.2. The number of ether oxygens (including phenoxy) is 2. The molecule has 1 heterocycles. The van der Waals surface area contributed by atoms with Gasteiger partial charge in [-0.1, -0.05) is 237 Å². The van der Waals surface area contributed by atoms with E-state index in [1.54, 1.807) is 6.08 Å². The van der Waals surface area contributed by atoms with E-state index in [9.17, 15) is 25.2 Å². The number of nitrogens with one attached hydrogen (secondary N) is 1. The van der Waals surface area contributed by atoms with E-state index >= 15 is 0 Å². The zero-order chi connectivity index (χ0) is 45.9. The van der Waals surface area contributed by atoms with Crippen LogP contribution in [0.2, 0.25) is 0 Å². The SMILES string of the molecule is CCCCCCCCCCCCC/C=C/[C@@H](O)[C@H](COC1OC(CO)C(O)C(OSOOO)C1O)NC(=O)CCCCCCCCCCCCCCCCCCCCCCCCC. The standard InChI is InChI=1S/C50H97NO11S/c1-3-5-7-9-11-13-15-17-18-19-20-21-22-23-24-25-26-28-30-32-34-36-38-40-46(54)51-43(44(53)39-37-35-33-31-29-27-16-14-12-10-8-6-4-2)42-58-50-48(56)49(60-63-62-61-57)47(55)45(41-52)59-50/h37,39,43-45,47-50,52-53,55-57H,3-36,38,40-42H2,1-2H3,(H,51,54)/b39-37+/t43-,44+,45?,47?,48?,49?,50?/m0/s1. The molecule has 1 aliphatic heterocycles. The lowest BCUT2D eigenvalue weighted by atomic mass is 9.99. The Morgan fingerprint density at radius 1 is 0.635 bits per heavy atom. The predicted molar refractivity (Wildman–Crippen MR) is 256 cm³/mol. The summed E-state index contributed by atoms with van der Waals surface area (Å²) in [7, 11) is 0. The molecule has 1 saturated heterocycles. The van der Waals surface area contributed by atoms with Gasteiger partial charge < -0.3 is 35.2 Å². The van der Waals surface area contributed by atoms with Gasteiger partial charge in [-0.2, -0.15) is 0 Å². The van der Waals surface area contributed by atoms with Crippen LogP contribution in [0, 0.1) is 0 Å². The Hall–Kier alpha value is -0.840. The molecule has 7 atom stereocenters. The third-order valence-electron chi connectivity index (χ3n) is 12.5. The number of aliphatic hydroxyl groups excluding tert-OH is 4. The summed E-state index contributed by atoms with van der Waals surface area (Å²) in [6, 6.07) is -0.842. The van der Waals surface area contributed by atoms with Crippen LogP contribution < -0.4 is 5.32 Å². The van der Waals surface area contributed by atoms with Crippen LogP contribution in [0.4, 0.5) is 0 Å². The lowest BCUT2D eigenvalue weighted by Crippen LogP contribution is -2.60. The Balaban J connectivity index is 2.36. The van der Waals surface area contributed by atoms with Gasteiger partial charge in [-0.05, 0) is 19.3 Å². The van der Waals surface area contributed by atoms with E-state index in [4.69, 9.17) is 18.9 Å². The minimum atomic E-state index is -1.54. The minimum absolute atomic E-state index is 0.174. The zero-order valence-electron chi connectivity index (χ0n) is 40.2. The molecule has 0 saturated carbocycles. The number of allylic oxidation sites excluding steroid dienone is 1. The minimum Gasteiger partial charge on any atom is -0.394 e. The Morgan fingerprint density at radius 2 is 1.05 bits per heavy atom. The fourth-order valence-corrected chi connectivity index (χ4v) is 8.82. The highest BCUT2D eigenvalue weighted by Crippen LogP contribution is 2.28. The van der Waals surface area contributed by atoms with Crippen molar-refractivity contribution in [3.63, 3.8) is 0 Å². The molecule has 5 unspecified atom stereocenters. The number of carbonyl (C=O) groups is 1. The van der Waals surface area contributed by atoms with Gasteiger partial charge in [-0.3, -0.25) is 8.98 Å². The quantitative estimate of drug-likeness (QED) is 0.0112. The molecule has 1 fully saturated rings. The van der Waals surface area contributed by atoms with Gasteiger partial charge in [-0.25, -0.2) is 5.26 Å². The van der Waals surface area contributed by atoms with E-state index in [2.05, 4.69) is 28.5 Å². The van der Waals surface area contributed by atoms with Crippen molar-refractivity contribution in [3.05, 3.63) is 12.2 Å². The second-order valence-corrected chi connectivity index (χ2v) is 18.7. The summed E-state index contributed by atoms with van der Waals surface area (Å²) in [5.41, 5.74) is 0. The zero-order valence-corrected chi connectivity index (χ0v) is 41.0. The van der Waals surface area contributed by atoms with Crippen LogP contribution in [0.3, 0.4) is 0 Å². The first-order chi connectivity index (χ1) is 30.9. The molecule has 13 heteroatoms. The number of carbonyl (C=O) groups excluding carboxylic acids is 1. The first-order valence-corrected chi connectivity index (χ1v) is 26.7. The Kier molecular flexibility index (Phi) is 43.0. The molecule has 374 valence electrons. The van der Waals surface area contributed by atoms with Crippen molar-refractivity contribution < 1.29 is 53.5 Å². The summed E-state index contributed by atoms with van der Waals surface area (Å²) in [4.78, 5) is 13.1. The second kappa shape index (κ2) is 45.0. The topological polar surface area (TPSA) is 176 Å². The van der Waals surface area contributed by atoms with E-state index < -0.39 is 49.5 Å². The second-order valence-electron chi connectivity index (χ2n) is 18.3. The number of aliphatic hydroxyl groups is 4. The number of hydrogen-bond acceptors (Lipinski definition) is 12. The molecule has 6 N–H and O–H groups in total. The summed E-state index contributed by atoms with van der Waals surface area (Å²) in [5, 5.41) is 57.2. The van der Waals surface area contributed by atoms with Gasteiger partial charge in [0, 0.05) is 6.42 Å². The average molecular weight is 920 g/mol. The molecule has 1 rings (SSSR count). The largest absolute Gasteiger partial charge is 0.394 e. The average Bonchev–Trinajstić information content (AvgIpc) is 3.28.